The zero-order valence-corrected chi connectivity index (χ0v) is 12.3. The van der Waals surface area contributed by atoms with Gasteiger partial charge in [-0.2, -0.15) is 0 Å². The Labute approximate surface area is 103 Å². The molecule has 0 atom stereocenters. The quantitative estimate of drug-likeness (QED) is 0.454. The van der Waals surface area contributed by atoms with Crippen LogP contribution in [0.2, 0.25) is 24.2 Å². The van der Waals surface area contributed by atoms with Crippen molar-refractivity contribution in [3.05, 3.63) is 12.7 Å². The highest BCUT2D eigenvalue weighted by Gasteiger charge is 2.26. The van der Waals surface area contributed by atoms with Crippen molar-refractivity contribution in [2.45, 2.75) is 57.3 Å². The normalized spacial score (nSPS) is 17.9. The summed E-state index contributed by atoms with van der Waals surface area (Å²) in [6.45, 7) is 12.8. The van der Waals surface area contributed by atoms with Crippen LogP contribution in [0.25, 0.3) is 0 Å². The molecule has 0 spiro atoms. The maximum absolute atomic E-state index is 3.95. The van der Waals surface area contributed by atoms with E-state index >= 15 is 0 Å². The van der Waals surface area contributed by atoms with Gasteiger partial charge in [-0.1, -0.05) is 38.1 Å². The van der Waals surface area contributed by atoms with Crippen LogP contribution in [-0.4, -0.2) is 32.6 Å². The van der Waals surface area contributed by atoms with Crippen molar-refractivity contribution in [1.29, 1.82) is 0 Å². The molecular weight excluding hydrogens is 210 g/mol. The first kappa shape index (κ1) is 14.0. The average Bonchev–Trinajstić information content (AvgIpc) is 2.81. The van der Waals surface area contributed by atoms with Crippen molar-refractivity contribution in [3.63, 3.8) is 0 Å². The van der Waals surface area contributed by atoms with E-state index in [4.69, 9.17) is 0 Å². The molecule has 0 unspecified atom stereocenters. The van der Waals surface area contributed by atoms with Gasteiger partial charge in [-0.3, -0.25) is 0 Å². The van der Waals surface area contributed by atoms with Gasteiger partial charge < -0.3 is 4.90 Å². The highest BCUT2D eigenvalue weighted by atomic mass is 28.3. The predicted molar refractivity (Wildman–Crippen MR) is 76.8 cm³/mol. The largest absolute Gasteiger partial charge is 0.303 e. The Morgan fingerprint density at radius 2 is 1.81 bits per heavy atom. The standard InChI is InChI=1S/C14H29NSi/c1-4-13-16(5-2,6-3)14-9-12-15-10-7-8-11-15/h4H,1,5-14H2,2-3H3. The summed E-state index contributed by atoms with van der Waals surface area (Å²) in [5.41, 5.74) is 0. The Bertz CT molecular complexity index is 193. The molecule has 1 heterocycles. The third-order valence-corrected chi connectivity index (χ3v) is 10.0. The van der Waals surface area contributed by atoms with Crippen LogP contribution in [0.4, 0.5) is 0 Å². The number of rotatable bonds is 8. The maximum atomic E-state index is 3.95. The van der Waals surface area contributed by atoms with Crippen LogP contribution < -0.4 is 0 Å². The minimum atomic E-state index is -0.960. The van der Waals surface area contributed by atoms with E-state index in [1.807, 2.05) is 0 Å². The van der Waals surface area contributed by atoms with Gasteiger partial charge in [-0.25, -0.2) is 0 Å². The lowest BCUT2D eigenvalue weighted by Gasteiger charge is -2.29. The van der Waals surface area contributed by atoms with Crippen LogP contribution in [0, 0.1) is 0 Å². The van der Waals surface area contributed by atoms with Crippen LogP contribution in [0.1, 0.15) is 33.1 Å². The Hall–Kier alpha value is -0.0831. The summed E-state index contributed by atoms with van der Waals surface area (Å²) in [5, 5.41) is 0. The van der Waals surface area contributed by atoms with E-state index in [1.54, 1.807) is 0 Å². The van der Waals surface area contributed by atoms with Gasteiger partial charge >= 0.3 is 0 Å². The smallest absolute Gasteiger partial charge is 0.0568 e. The zero-order chi connectivity index (χ0) is 11.9. The fraction of sp³-hybridized carbons (Fsp3) is 0.857. The topological polar surface area (TPSA) is 3.24 Å². The van der Waals surface area contributed by atoms with Gasteiger partial charge in [-0.15, -0.1) is 6.58 Å². The molecule has 0 N–H and O–H groups in total. The van der Waals surface area contributed by atoms with E-state index in [9.17, 15) is 0 Å². The van der Waals surface area contributed by atoms with Crippen molar-refractivity contribution in [1.82, 2.24) is 4.90 Å². The fourth-order valence-electron chi connectivity index (χ4n) is 2.98. The molecule has 0 aromatic rings. The molecule has 94 valence electrons. The summed E-state index contributed by atoms with van der Waals surface area (Å²) in [4.78, 5) is 2.65. The van der Waals surface area contributed by atoms with Gasteiger partial charge in [0.05, 0.1) is 8.07 Å². The number of hydrogen-bond acceptors (Lipinski definition) is 1. The predicted octanol–water partition coefficient (Wildman–Crippen LogP) is 4.15. The van der Waals surface area contributed by atoms with Crippen LogP contribution in [-0.2, 0) is 0 Å². The lowest BCUT2D eigenvalue weighted by atomic mass is 10.4. The van der Waals surface area contributed by atoms with E-state index in [0.717, 1.165) is 0 Å². The molecule has 1 aliphatic rings. The second kappa shape index (κ2) is 7.28. The summed E-state index contributed by atoms with van der Waals surface area (Å²) in [6.07, 6.45) is 6.46. The molecule has 0 saturated carbocycles. The molecule has 0 amide bonds. The van der Waals surface area contributed by atoms with Crippen LogP contribution in [0.15, 0.2) is 12.7 Å². The minimum Gasteiger partial charge on any atom is -0.303 e. The molecule has 1 nitrogen and oxygen atoms in total. The first-order chi connectivity index (χ1) is 7.76. The van der Waals surface area contributed by atoms with Crippen molar-refractivity contribution < 1.29 is 0 Å². The molecule has 2 heteroatoms. The number of nitrogens with zero attached hydrogens (tertiary/aromatic N) is 1. The van der Waals surface area contributed by atoms with E-state index in [1.165, 1.54) is 63.1 Å². The first-order valence-electron chi connectivity index (χ1n) is 7.09. The molecular formula is C14H29NSi. The Kier molecular flexibility index (Phi) is 6.36. The SMILES string of the molecule is C=CC[Si](CC)(CC)CCCN1CCCC1. The molecule has 1 aliphatic heterocycles. The Morgan fingerprint density at radius 3 is 2.31 bits per heavy atom. The molecule has 1 saturated heterocycles. The second-order valence-corrected chi connectivity index (χ2v) is 10.7. The van der Waals surface area contributed by atoms with Gasteiger partial charge in [-0.05, 0) is 44.9 Å². The van der Waals surface area contributed by atoms with Crippen LogP contribution >= 0.6 is 0 Å². The van der Waals surface area contributed by atoms with Gasteiger partial charge in [0.1, 0.15) is 0 Å². The summed E-state index contributed by atoms with van der Waals surface area (Å²) in [6, 6.07) is 5.73. The molecule has 1 rings (SSSR count). The average molecular weight is 239 g/mol. The second-order valence-electron chi connectivity index (χ2n) is 5.35. The molecule has 1 fully saturated rings. The molecule has 0 aromatic carbocycles. The number of hydrogen-bond donors (Lipinski definition) is 0. The lowest BCUT2D eigenvalue weighted by Crippen LogP contribution is -2.32. The van der Waals surface area contributed by atoms with E-state index in [-0.39, 0.29) is 0 Å². The molecule has 0 aliphatic carbocycles. The lowest BCUT2D eigenvalue weighted by molar-refractivity contribution is 0.339. The molecule has 0 radical (unpaired) electrons. The Balaban J connectivity index is 2.27. The summed E-state index contributed by atoms with van der Waals surface area (Å²) in [5.74, 6) is 0. The highest BCUT2D eigenvalue weighted by molar-refractivity contribution is 6.80. The van der Waals surface area contributed by atoms with Crippen molar-refractivity contribution in [3.8, 4) is 0 Å². The van der Waals surface area contributed by atoms with Gasteiger partial charge in [0, 0.05) is 0 Å². The highest BCUT2D eigenvalue weighted by Crippen LogP contribution is 2.27. The molecule has 0 bridgehead atoms. The van der Waals surface area contributed by atoms with Gasteiger partial charge in [0.25, 0.3) is 0 Å². The van der Waals surface area contributed by atoms with Crippen molar-refractivity contribution in [2.24, 2.45) is 0 Å². The maximum Gasteiger partial charge on any atom is 0.0568 e. The van der Waals surface area contributed by atoms with Gasteiger partial charge in [0.2, 0.25) is 0 Å². The third-order valence-electron chi connectivity index (χ3n) is 4.46. The Morgan fingerprint density at radius 1 is 1.19 bits per heavy atom. The van der Waals surface area contributed by atoms with Crippen molar-refractivity contribution >= 4 is 8.07 Å². The van der Waals surface area contributed by atoms with Gasteiger partial charge in [0.15, 0.2) is 0 Å². The van der Waals surface area contributed by atoms with Crippen LogP contribution in [0.3, 0.4) is 0 Å². The number of likely N-dealkylation sites (tertiary alicyclic amines) is 1. The summed E-state index contributed by atoms with van der Waals surface area (Å²) in [7, 11) is -0.960. The first-order valence-corrected chi connectivity index (χ1v) is 9.92. The fourth-order valence-corrected chi connectivity index (χ4v) is 6.49. The van der Waals surface area contributed by atoms with E-state index in [2.05, 4.69) is 31.4 Å². The molecule has 0 aromatic heterocycles. The van der Waals surface area contributed by atoms with Crippen molar-refractivity contribution in [2.75, 3.05) is 19.6 Å². The summed E-state index contributed by atoms with van der Waals surface area (Å²) < 4.78 is 0. The zero-order valence-electron chi connectivity index (χ0n) is 11.3. The van der Waals surface area contributed by atoms with Crippen LogP contribution in [0.5, 0.6) is 0 Å². The summed E-state index contributed by atoms with van der Waals surface area (Å²) >= 11 is 0. The van der Waals surface area contributed by atoms with E-state index in [0.29, 0.717) is 0 Å². The minimum absolute atomic E-state index is 0.960. The monoisotopic (exact) mass is 239 g/mol. The van der Waals surface area contributed by atoms with E-state index < -0.39 is 8.07 Å². The number of allylic oxidation sites excluding steroid dienone is 1. The molecule has 16 heavy (non-hydrogen) atoms. The third kappa shape index (κ3) is 4.06.